The van der Waals surface area contributed by atoms with E-state index in [0.29, 0.717) is 48.4 Å². The molecule has 2 aromatic rings. The fourth-order valence-corrected chi connectivity index (χ4v) is 12.4. The quantitative estimate of drug-likeness (QED) is 0.0681. The maximum Gasteiger partial charge on any atom is 0.369 e. The van der Waals surface area contributed by atoms with Gasteiger partial charge in [0.25, 0.3) is 0 Å². The standard InChI is InChI=1S/C33H46O15.C23H35BrO11.C10H12O4/c1-10-40-33(9)47-24-13-11-12-23(29(24)48-33)43-31-17(3)16(2)27(25(44-31)14-38-19(5)34)46-32-18(4)28(41-21(7)36)30(42-22(8)37)26(45-32)15-39-20(6)35;1-8-16-10(2)11(3)18(30-13(5)26)23(34-16)35-19-17(9-29-12(4)25)33-22(24)21(32-15(7)28)20(19)31-14(6)27;1-3-12-10(2)13-8-6-4-5-7(11)9(8)14-10/h11-13,16-18,25-28,30-32H,10,14-15H2,1-9H3;10-11,16-23H,8-9H2,1-7H3;4-6,11H,3H2,1-2H3/t16-,17-,18-,25-,26-,27+,28-,30+,31-,32+,33?;10-,11+,16-,17-,18-,19-,20+,21-,22+,23+;/m11./s1. The van der Waals surface area contributed by atoms with Gasteiger partial charge in [0.2, 0.25) is 17.8 Å². The second-order valence-electron chi connectivity index (χ2n) is 24.1. The van der Waals surface area contributed by atoms with Gasteiger partial charge < -0.3 is 105 Å². The zero-order valence-electron chi connectivity index (χ0n) is 57.9. The molecule has 30 nitrogen and oxygen atoms in total. The molecule has 4 fully saturated rings. The average Bonchev–Trinajstić information content (AvgIpc) is 1.33. The number of hydrogen-bond donors (Lipinski definition) is 1. The molecular weight excluding hydrogens is 1350 g/mol. The van der Waals surface area contributed by atoms with Crippen LogP contribution in [0.4, 0.5) is 0 Å². The number of esters is 8. The summed E-state index contributed by atoms with van der Waals surface area (Å²) in [7, 11) is 0. The molecule has 4 saturated heterocycles. The van der Waals surface area contributed by atoms with E-state index < -0.39 is 151 Å². The van der Waals surface area contributed by atoms with E-state index in [0.717, 1.165) is 0 Å². The first-order valence-corrected chi connectivity index (χ1v) is 33.0. The molecule has 0 saturated carbocycles. The molecule has 0 aliphatic carbocycles. The number of fused-ring (bicyclic) bond motifs is 2. The van der Waals surface area contributed by atoms with Crippen LogP contribution in [0.5, 0.6) is 34.5 Å². The lowest BCUT2D eigenvalue weighted by Gasteiger charge is -2.48. The van der Waals surface area contributed by atoms with Gasteiger partial charge in [-0.3, -0.25) is 38.4 Å². The SMILES string of the molecule is CCOC1(C)Oc2cccc(O)c2O1.CCOC1(C)Oc2cccc(O[C@@H]3O[C@H](COC(C)=O)[C@@H](O[C@@H]4O[C@H](COC(C)=O)[C@H](OC(C)=O)[C@H](OC(C)=O)[C@H]4C)[C@H](C)[C@H]3C)c2O1.CC[C@H]1O[C@@H](O[C@H]2[C@H](OC(C)=O)[C@@H](OC(C)=O)[C@@H](Br)O[C@@H]2COC(C)=O)[C@H](OC(C)=O)[C@@H](C)[C@H]1C. The summed E-state index contributed by atoms with van der Waals surface area (Å²) < 4.78 is 121. The van der Waals surface area contributed by atoms with Gasteiger partial charge in [-0.05, 0) is 56.4 Å². The van der Waals surface area contributed by atoms with Crippen molar-refractivity contribution in [2.24, 2.45) is 29.6 Å². The number of carbonyl (C=O) groups is 8. The number of para-hydroxylation sites is 2. The minimum absolute atomic E-state index is 0.0610. The summed E-state index contributed by atoms with van der Waals surface area (Å²) >= 11 is 3.31. The molecule has 6 heterocycles. The highest BCUT2D eigenvalue weighted by Crippen LogP contribution is 2.49. The molecule has 0 aromatic heterocycles. The van der Waals surface area contributed by atoms with E-state index >= 15 is 0 Å². The van der Waals surface area contributed by atoms with Gasteiger partial charge in [-0.15, -0.1) is 0 Å². The van der Waals surface area contributed by atoms with Crippen molar-refractivity contribution in [1.82, 2.24) is 0 Å². The Balaban J connectivity index is 0.000000263. The Morgan fingerprint density at radius 3 is 1.36 bits per heavy atom. The van der Waals surface area contributed by atoms with Crippen molar-refractivity contribution in [2.45, 2.75) is 234 Å². The summed E-state index contributed by atoms with van der Waals surface area (Å²) in [5, 5.41) is 8.58. The van der Waals surface area contributed by atoms with Crippen LogP contribution >= 0.6 is 15.9 Å². The summed E-state index contributed by atoms with van der Waals surface area (Å²) in [4.78, 5) is 94.9. The monoisotopic (exact) mass is 1440 g/mol. The van der Waals surface area contributed by atoms with Crippen LogP contribution in [0, 0.1) is 29.6 Å². The van der Waals surface area contributed by atoms with Gasteiger partial charge in [-0.2, -0.15) is 0 Å². The van der Waals surface area contributed by atoms with Crippen LogP contribution in [0.3, 0.4) is 0 Å². The third kappa shape index (κ3) is 21.3. The molecule has 544 valence electrons. The highest BCUT2D eigenvalue weighted by atomic mass is 79.9. The molecule has 2 unspecified atom stereocenters. The molecule has 0 amide bonds. The number of carbonyl (C=O) groups excluding carboxylic acids is 8. The van der Waals surface area contributed by atoms with E-state index in [9.17, 15) is 43.5 Å². The van der Waals surface area contributed by atoms with Crippen LogP contribution in [-0.4, -0.2) is 189 Å². The van der Waals surface area contributed by atoms with E-state index in [2.05, 4.69) is 15.9 Å². The Bertz CT molecular complexity index is 3020. The number of benzene rings is 2. The lowest BCUT2D eigenvalue weighted by Crippen LogP contribution is -2.63. The van der Waals surface area contributed by atoms with E-state index in [-0.39, 0.29) is 55.3 Å². The average molecular weight is 1450 g/mol. The molecule has 0 radical (unpaired) electrons. The van der Waals surface area contributed by atoms with Crippen LogP contribution in [0.1, 0.15) is 131 Å². The van der Waals surface area contributed by atoms with Crippen molar-refractivity contribution in [3.05, 3.63) is 36.4 Å². The normalized spacial score (nSPS) is 33.7. The maximum atomic E-state index is 12.1. The predicted molar refractivity (Wildman–Crippen MR) is 335 cm³/mol. The van der Waals surface area contributed by atoms with E-state index in [1.54, 1.807) is 57.2 Å². The fourth-order valence-electron chi connectivity index (χ4n) is 11.7. The summed E-state index contributed by atoms with van der Waals surface area (Å²) in [6.07, 6.45) is -12.2. The summed E-state index contributed by atoms with van der Waals surface area (Å²) in [6, 6.07) is 10.2. The van der Waals surface area contributed by atoms with Crippen molar-refractivity contribution in [2.75, 3.05) is 33.0 Å². The Hall–Kier alpha value is -6.84. The Kier molecular flexibility index (Phi) is 28.8. The number of halogens is 1. The number of phenolic OH excluding ortho intramolecular Hbond substituents is 1. The maximum absolute atomic E-state index is 12.1. The molecule has 22 atom stereocenters. The molecule has 97 heavy (non-hydrogen) atoms. The van der Waals surface area contributed by atoms with Crippen molar-refractivity contribution < 1.29 is 143 Å². The Labute approximate surface area is 572 Å². The van der Waals surface area contributed by atoms with E-state index in [1.807, 2.05) is 48.5 Å². The van der Waals surface area contributed by atoms with Gasteiger partial charge in [0.05, 0.1) is 25.4 Å². The zero-order chi connectivity index (χ0) is 72.0. The summed E-state index contributed by atoms with van der Waals surface area (Å²) in [5.74, 6) is -6.38. The van der Waals surface area contributed by atoms with Crippen LogP contribution in [0.2, 0.25) is 0 Å². The smallest absolute Gasteiger partial charge is 0.369 e. The lowest BCUT2D eigenvalue weighted by atomic mass is 9.82. The molecule has 8 rings (SSSR count). The lowest BCUT2D eigenvalue weighted by molar-refractivity contribution is -0.332. The van der Waals surface area contributed by atoms with E-state index in [1.165, 1.54) is 55.4 Å². The van der Waals surface area contributed by atoms with Crippen LogP contribution in [0.25, 0.3) is 0 Å². The molecule has 2 aromatic carbocycles. The first-order chi connectivity index (χ1) is 45.6. The van der Waals surface area contributed by atoms with Gasteiger partial charge in [0.1, 0.15) is 50.3 Å². The first-order valence-electron chi connectivity index (χ1n) is 32.1. The summed E-state index contributed by atoms with van der Waals surface area (Å²) in [6.45, 7) is 28.5. The van der Waals surface area contributed by atoms with Gasteiger partial charge in [-0.1, -0.05) is 69.6 Å². The highest BCUT2D eigenvalue weighted by molar-refractivity contribution is 9.09. The second-order valence-corrected chi connectivity index (χ2v) is 25.0. The van der Waals surface area contributed by atoms with Crippen molar-refractivity contribution in [3.8, 4) is 34.5 Å². The van der Waals surface area contributed by atoms with Gasteiger partial charge in [-0.25, -0.2) is 0 Å². The molecule has 0 spiro atoms. The van der Waals surface area contributed by atoms with Crippen LogP contribution in [0.15, 0.2) is 36.4 Å². The zero-order valence-corrected chi connectivity index (χ0v) is 59.5. The van der Waals surface area contributed by atoms with Crippen molar-refractivity contribution >= 4 is 63.7 Å². The topological polar surface area (TPSA) is 351 Å². The molecule has 31 heteroatoms. The number of aromatic hydroxyl groups is 1. The number of alkyl halides is 1. The molecule has 6 aliphatic rings. The first kappa shape index (κ1) is 79.1. The minimum Gasteiger partial charge on any atom is -0.504 e. The molecule has 1 N–H and O–H groups in total. The van der Waals surface area contributed by atoms with Crippen LogP contribution < -0.4 is 23.7 Å². The van der Waals surface area contributed by atoms with E-state index in [4.69, 9.17) is 99.5 Å². The number of phenols is 1. The fraction of sp³-hybridized carbons (Fsp3) is 0.697. The molecule has 6 aliphatic heterocycles. The Morgan fingerprint density at radius 1 is 0.433 bits per heavy atom. The van der Waals surface area contributed by atoms with Crippen LogP contribution in [-0.2, 0) is 114 Å². The predicted octanol–water partition coefficient (Wildman–Crippen LogP) is 7.41. The third-order valence-corrected chi connectivity index (χ3v) is 17.2. The van der Waals surface area contributed by atoms with Gasteiger partial charge >= 0.3 is 59.7 Å². The number of ether oxygens (including phenoxy) is 21. The highest BCUT2D eigenvalue weighted by Gasteiger charge is 2.56. The largest absolute Gasteiger partial charge is 0.504 e. The molecule has 0 bridgehead atoms. The van der Waals surface area contributed by atoms with Gasteiger partial charge in [0.15, 0.2) is 65.0 Å². The Morgan fingerprint density at radius 2 is 0.856 bits per heavy atom. The molecular formula is C66H93BrO30. The number of rotatable bonds is 22. The van der Waals surface area contributed by atoms with Crippen molar-refractivity contribution in [1.29, 1.82) is 0 Å². The third-order valence-electron chi connectivity index (χ3n) is 16.5. The van der Waals surface area contributed by atoms with Crippen molar-refractivity contribution in [3.63, 3.8) is 0 Å². The van der Waals surface area contributed by atoms with Gasteiger partial charge in [0, 0.05) is 87.0 Å². The number of hydrogen-bond acceptors (Lipinski definition) is 30. The minimum atomic E-state index is -1.32. The summed E-state index contributed by atoms with van der Waals surface area (Å²) in [5.41, 5.74) is 0. The second kappa shape index (κ2) is 35.3.